The van der Waals surface area contributed by atoms with Crippen LogP contribution in [0.3, 0.4) is 0 Å². The maximum absolute atomic E-state index is 14.9. The molecule has 6 aromatic rings. The second kappa shape index (κ2) is 20.8. The van der Waals surface area contributed by atoms with Crippen molar-refractivity contribution in [3.8, 4) is 0 Å². The Kier molecular flexibility index (Phi) is 14.6. The molecule has 1 fully saturated rings. The summed E-state index contributed by atoms with van der Waals surface area (Å²) in [4.78, 5) is 75.7. The number of benzene rings is 6. The van der Waals surface area contributed by atoms with Gasteiger partial charge in [-0.15, -0.1) is 0 Å². The molecule has 6 aromatic carbocycles. The Hall–Kier alpha value is -6.29. The van der Waals surface area contributed by atoms with E-state index in [1.807, 2.05) is 0 Å². The molecule has 0 unspecified atom stereocenters. The molecule has 0 aromatic heterocycles. The largest absolute Gasteiger partial charge is 0.379 e. The zero-order valence-electron chi connectivity index (χ0n) is 40.1. The predicted molar refractivity (Wildman–Crippen MR) is 290 cm³/mol. The van der Waals surface area contributed by atoms with Crippen LogP contribution in [0.1, 0.15) is 76.8 Å². The van der Waals surface area contributed by atoms with E-state index in [4.69, 9.17) is 74.3 Å². The van der Waals surface area contributed by atoms with Crippen molar-refractivity contribution in [2.45, 2.75) is 65.8 Å². The topological polar surface area (TPSA) is 148 Å². The summed E-state index contributed by atoms with van der Waals surface area (Å²) >= 11 is 36.0. The molecule has 10 nitrogen and oxygen atoms in total. The van der Waals surface area contributed by atoms with Gasteiger partial charge in [-0.2, -0.15) is 0 Å². The van der Waals surface area contributed by atoms with Crippen LogP contribution >= 0.6 is 69.6 Å². The van der Waals surface area contributed by atoms with E-state index in [9.17, 15) is 41.9 Å². The Morgan fingerprint density at radius 2 is 0.844 bits per heavy atom. The van der Waals surface area contributed by atoms with Crippen LogP contribution < -0.4 is 16.0 Å². The van der Waals surface area contributed by atoms with Crippen molar-refractivity contribution in [1.29, 1.82) is 0 Å². The Morgan fingerprint density at radius 1 is 0.468 bits per heavy atom. The number of Topliss-reactive ketones (excluding diaryl/α,β-unsaturated/α-hetero) is 1. The Morgan fingerprint density at radius 3 is 1.26 bits per heavy atom. The highest BCUT2D eigenvalue weighted by molar-refractivity contribution is 6.33. The number of carbonyl (C=O) groups is 6. The molecular formula is C58H40Cl6F3N3O7. The molecule has 392 valence electrons. The van der Waals surface area contributed by atoms with E-state index in [1.54, 1.807) is 103 Å². The second-order valence-electron chi connectivity index (χ2n) is 19.3. The number of allylic oxidation sites excluding steroid dienone is 2. The molecule has 12 rings (SSSR count). The van der Waals surface area contributed by atoms with Crippen LogP contribution in [0.4, 0.5) is 30.2 Å². The van der Waals surface area contributed by atoms with Crippen molar-refractivity contribution >= 4 is 122 Å². The summed E-state index contributed by atoms with van der Waals surface area (Å²) in [5, 5.41) is 9.76. The normalized spacial score (nSPS) is 25.4. The van der Waals surface area contributed by atoms with Gasteiger partial charge in [-0.05, 0) is 100 Å². The lowest BCUT2D eigenvalue weighted by molar-refractivity contribution is -0.137. The molecule has 3 amide bonds. The molecule has 3 heterocycles. The highest BCUT2D eigenvalue weighted by atomic mass is 35.5. The summed E-state index contributed by atoms with van der Waals surface area (Å²) in [5.74, 6) is -5.31. The number of hydrogen-bond acceptors (Lipinski definition) is 7. The van der Waals surface area contributed by atoms with E-state index in [-0.39, 0.29) is 92.5 Å². The summed E-state index contributed by atoms with van der Waals surface area (Å²) in [7, 11) is 1.46. The number of fused-ring (bicyclic) bond motifs is 6. The maximum atomic E-state index is 14.9. The van der Waals surface area contributed by atoms with Crippen LogP contribution in [0, 0.1) is 17.5 Å². The molecule has 3 aliphatic heterocycles. The number of carbonyl (C=O) groups excluding carboxylic acids is 6. The van der Waals surface area contributed by atoms with Gasteiger partial charge >= 0.3 is 0 Å². The molecule has 0 saturated heterocycles. The average molecular weight is 1160 g/mol. The van der Waals surface area contributed by atoms with Gasteiger partial charge < -0.3 is 20.7 Å². The van der Waals surface area contributed by atoms with Crippen LogP contribution in [0.5, 0.6) is 0 Å². The van der Waals surface area contributed by atoms with Crippen LogP contribution in [0.15, 0.2) is 133 Å². The van der Waals surface area contributed by atoms with Gasteiger partial charge in [-0.25, -0.2) is 13.2 Å². The zero-order chi connectivity index (χ0) is 54.9. The van der Waals surface area contributed by atoms with Crippen LogP contribution in [0.2, 0.25) is 30.1 Å². The van der Waals surface area contributed by atoms with Crippen molar-refractivity contribution in [2.75, 3.05) is 23.1 Å². The van der Waals surface area contributed by atoms with Gasteiger partial charge in [-0.3, -0.25) is 28.8 Å². The molecule has 19 heteroatoms. The third kappa shape index (κ3) is 8.97. The number of methoxy groups -OCH3 is 1. The van der Waals surface area contributed by atoms with Gasteiger partial charge in [0.05, 0.1) is 21.2 Å². The lowest BCUT2D eigenvalue weighted by atomic mass is 9.59. The number of nitrogens with one attached hydrogen (secondary N) is 3. The first-order valence-corrected chi connectivity index (χ1v) is 26.2. The number of ketones is 3. The molecule has 7 atom stereocenters. The Labute approximate surface area is 468 Å². The van der Waals surface area contributed by atoms with Crippen molar-refractivity contribution < 1.29 is 46.7 Å². The van der Waals surface area contributed by atoms with Gasteiger partial charge in [0, 0.05) is 82.7 Å². The number of anilines is 3. The summed E-state index contributed by atoms with van der Waals surface area (Å²) in [6, 6.07) is 29.1. The van der Waals surface area contributed by atoms with Gasteiger partial charge in [-0.1, -0.05) is 136 Å². The standard InChI is InChI=1S/C20H16Cl2FNO3.2C19H12Cl2FNO2/c1-27-17-9-11(25)8-14(12-3-2-4-15(22)18(12)23)20(17)13-6-5-10(21)7-16(13)24-19(20)26;2*20-10-4-5-13-16(8-10)23-18(25)19(13)7-6-11(24)9-14(19)12-2-1-3-15(21)17(12)22/h2-7,14,17H,8-9H2,1H3,(H,24,26);2*1-8,14H,9H2,(H,23,25)/t14-,17-,20-;14-,19+;14-,19-/m010/s1. The molecule has 3 spiro atoms. The number of ether oxygens (including phenoxy) is 1. The minimum atomic E-state index is -1.24. The first kappa shape index (κ1) is 54.1. The summed E-state index contributed by atoms with van der Waals surface area (Å²) in [5.41, 5.74) is 0.865. The van der Waals surface area contributed by atoms with E-state index >= 15 is 0 Å². The van der Waals surface area contributed by atoms with Crippen molar-refractivity contribution in [1.82, 2.24) is 0 Å². The number of rotatable bonds is 4. The SMILES string of the molecule is CO[C@H]1CC(=O)C[C@@H](c2cccc(Cl)c2F)[C@]12C(=O)Nc1cc(Cl)ccc12.O=C1C=C[C@@]2(C(=O)Nc3cc(Cl)ccc32)[C@@H](c2cccc(Cl)c2F)C1.O=C1C=C[C@@]2(C(=O)Nc3cc(Cl)ccc32)[C@H](c2cccc(Cl)c2F)C1. The third-order valence-electron chi connectivity index (χ3n) is 15.4. The van der Waals surface area contributed by atoms with Gasteiger partial charge in [0.1, 0.15) is 39.5 Å². The van der Waals surface area contributed by atoms with Crippen molar-refractivity contribution in [2.24, 2.45) is 0 Å². The van der Waals surface area contributed by atoms with Crippen molar-refractivity contribution in [3.05, 3.63) is 214 Å². The lowest BCUT2D eigenvalue weighted by Gasteiger charge is -2.44. The summed E-state index contributed by atoms with van der Waals surface area (Å²) < 4.78 is 49.9. The fourth-order valence-electron chi connectivity index (χ4n) is 12.0. The molecule has 6 aliphatic rings. The minimum absolute atomic E-state index is 0.0171. The zero-order valence-corrected chi connectivity index (χ0v) is 44.6. The number of amides is 3. The summed E-state index contributed by atoms with van der Waals surface area (Å²) in [6.07, 6.45) is 5.32. The van der Waals surface area contributed by atoms with Crippen LogP contribution in [-0.4, -0.2) is 48.3 Å². The molecule has 3 aliphatic carbocycles. The second-order valence-corrected chi connectivity index (χ2v) is 21.8. The first-order valence-electron chi connectivity index (χ1n) is 23.9. The lowest BCUT2D eigenvalue weighted by Crippen LogP contribution is -2.55. The average Bonchev–Trinajstić information content (AvgIpc) is 4.14. The van der Waals surface area contributed by atoms with Gasteiger partial charge in [0.15, 0.2) is 11.6 Å². The molecule has 0 radical (unpaired) electrons. The molecule has 77 heavy (non-hydrogen) atoms. The van der Waals surface area contributed by atoms with Gasteiger partial charge in [0.25, 0.3) is 0 Å². The van der Waals surface area contributed by atoms with E-state index < -0.39 is 57.6 Å². The molecule has 1 saturated carbocycles. The third-order valence-corrected chi connectivity index (χ3v) is 17.0. The predicted octanol–water partition coefficient (Wildman–Crippen LogP) is 13.8. The molecule has 0 bridgehead atoms. The monoisotopic (exact) mass is 1160 g/mol. The first-order chi connectivity index (χ1) is 36.7. The van der Waals surface area contributed by atoms with E-state index in [0.717, 1.165) is 0 Å². The number of hydrogen-bond donors (Lipinski definition) is 3. The Balaban J connectivity index is 0.000000131. The van der Waals surface area contributed by atoms with Crippen LogP contribution in [-0.2, 0) is 49.7 Å². The Bertz CT molecular complexity index is 3460. The minimum Gasteiger partial charge on any atom is -0.379 e. The smallest absolute Gasteiger partial charge is 0.239 e. The quantitative estimate of drug-likeness (QED) is 0.159. The fraction of sp³-hybridized carbons (Fsp3) is 0.207. The maximum Gasteiger partial charge on any atom is 0.239 e. The van der Waals surface area contributed by atoms with Crippen molar-refractivity contribution in [3.63, 3.8) is 0 Å². The molecular weight excluding hydrogens is 1120 g/mol. The fourth-order valence-corrected chi connectivity index (χ4v) is 13.0. The van der Waals surface area contributed by atoms with E-state index in [0.29, 0.717) is 48.8 Å². The highest BCUT2D eigenvalue weighted by Gasteiger charge is 2.62. The highest BCUT2D eigenvalue weighted by Crippen LogP contribution is 2.57. The van der Waals surface area contributed by atoms with Crippen LogP contribution in [0.25, 0.3) is 0 Å². The van der Waals surface area contributed by atoms with E-state index in [1.165, 1.54) is 37.5 Å². The number of halogens is 9. The summed E-state index contributed by atoms with van der Waals surface area (Å²) in [6.45, 7) is 0. The van der Waals surface area contributed by atoms with E-state index in [2.05, 4.69) is 16.0 Å². The van der Waals surface area contributed by atoms with Gasteiger partial charge in [0.2, 0.25) is 17.7 Å². The molecule has 3 N–H and O–H groups in total.